The van der Waals surface area contributed by atoms with Crippen LogP contribution in [0.1, 0.15) is 0 Å². The van der Waals surface area contributed by atoms with Crippen molar-refractivity contribution in [3.8, 4) is 11.4 Å². The highest BCUT2D eigenvalue weighted by Gasteiger charge is 2.00. The van der Waals surface area contributed by atoms with Gasteiger partial charge in [-0.05, 0) is 24.3 Å². The van der Waals surface area contributed by atoms with E-state index in [1.165, 1.54) is 0 Å². The van der Waals surface area contributed by atoms with Gasteiger partial charge >= 0.3 is 0 Å². The monoisotopic (exact) mass is 166 g/mol. The number of H-pyrrole nitrogens is 1. The second-order valence-corrected chi connectivity index (χ2v) is 2.65. The van der Waals surface area contributed by atoms with Crippen LogP contribution in [0, 0.1) is 0 Å². The number of nitrogens with zero attached hydrogens (tertiary/aromatic N) is 1. The molecule has 0 aliphatic heterocycles. The second-order valence-electron chi connectivity index (χ2n) is 2.29. The van der Waals surface area contributed by atoms with E-state index in [2.05, 4.69) is 4.98 Å². The zero-order valence-corrected chi connectivity index (χ0v) is 6.55. The summed E-state index contributed by atoms with van der Waals surface area (Å²) in [5, 5.41) is 0. The molecule has 0 saturated carbocycles. The van der Waals surface area contributed by atoms with Crippen molar-refractivity contribution in [2.45, 2.75) is 0 Å². The van der Waals surface area contributed by atoms with Crippen molar-refractivity contribution < 1.29 is 0 Å². The zero-order valence-electron chi connectivity index (χ0n) is 5.79. The largest absolute Gasteiger partial charge is 0.360 e. The number of aromatic amines is 1. The Hall–Kier alpha value is -1.15. The maximum Gasteiger partial charge on any atom is 0.0809 e. The van der Waals surface area contributed by atoms with Gasteiger partial charge < -0.3 is 4.98 Å². The van der Waals surface area contributed by atoms with Crippen LogP contribution in [-0.4, -0.2) is 9.07 Å². The summed E-state index contributed by atoms with van der Waals surface area (Å²) in [6.45, 7) is 0. The fraction of sp³-hybridized carbons (Fsp3) is 0. The molecule has 2 heterocycles. The number of aromatic nitrogens is 2. The van der Waals surface area contributed by atoms with E-state index in [4.69, 9.17) is 11.8 Å². The van der Waals surface area contributed by atoms with E-state index >= 15 is 0 Å². The van der Waals surface area contributed by atoms with Gasteiger partial charge in [0.15, 0.2) is 0 Å². The average Bonchev–Trinajstić information content (AvgIpc) is 2.55. The predicted molar refractivity (Wildman–Crippen MR) is 45.5 cm³/mol. The highest BCUT2D eigenvalue weighted by Crippen LogP contribution is 2.18. The maximum atomic E-state index is 5.83. The first-order valence-corrected chi connectivity index (χ1v) is 3.69. The molecule has 0 aliphatic carbocycles. The van der Waals surface area contributed by atoms with Crippen molar-refractivity contribution >= 4 is 11.8 Å². The van der Waals surface area contributed by atoms with E-state index < -0.39 is 0 Å². The minimum Gasteiger partial charge on any atom is -0.360 e. The number of halogens is 1. The van der Waals surface area contributed by atoms with Crippen LogP contribution in [0.2, 0.25) is 0 Å². The highest BCUT2D eigenvalue weighted by atomic mass is 35.5. The fourth-order valence-electron chi connectivity index (χ4n) is 1.06. The van der Waals surface area contributed by atoms with Gasteiger partial charge in [0, 0.05) is 24.2 Å². The van der Waals surface area contributed by atoms with Crippen molar-refractivity contribution in [2.24, 2.45) is 0 Å². The third kappa shape index (κ3) is 1.05. The van der Waals surface area contributed by atoms with E-state index in [0.29, 0.717) is 0 Å². The van der Waals surface area contributed by atoms with Gasteiger partial charge in [-0.15, -0.1) is 0 Å². The molecule has 0 atom stereocenters. The molecule has 0 radical (unpaired) electrons. The van der Waals surface area contributed by atoms with Crippen LogP contribution in [0.25, 0.3) is 11.4 Å². The van der Waals surface area contributed by atoms with Crippen LogP contribution in [-0.2, 0) is 0 Å². The fourth-order valence-corrected chi connectivity index (χ4v) is 1.27. The van der Waals surface area contributed by atoms with Crippen molar-refractivity contribution in [1.29, 1.82) is 0 Å². The first kappa shape index (κ1) is 6.55. The smallest absolute Gasteiger partial charge is 0.0809 e. The van der Waals surface area contributed by atoms with Crippen LogP contribution in [0.5, 0.6) is 0 Å². The van der Waals surface area contributed by atoms with Gasteiger partial charge in [-0.3, -0.25) is 4.09 Å². The zero-order chi connectivity index (χ0) is 7.68. The molecule has 0 unspecified atom stereocenters. The van der Waals surface area contributed by atoms with E-state index in [9.17, 15) is 0 Å². The van der Waals surface area contributed by atoms with Crippen molar-refractivity contribution in [1.82, 2.24) is 9.07 Å². The second kappa shape index (κ2) is 2.47. The maximum absolute atomic E-state index is 5.83. The number of hydrogen-bond acceptors (Lipinski definition) is 0. The lowest BCUT2D eigenvalue weighted by Gasteiger charge is -1.95. The summed E-state index contributed by atoms with van der Waals surface area (Å²) in [5.41, 5.74) is 2.02. The quantitative estimate of drug-likeness (QED) is 0.672. The number of rotatable bonds is 1. The van der Waals surface area contributed by atoms with E-state index in [1.807, 2.05) is 30.5 Å². The van der Waals surface area contributed by atoms with E-state index in [0.717, 1.165) is 11.4 Å². The number of hydrogen-bond donors (Lipinski definition) is 1. The topological polar surface area (TPSA) is 20.7 Å². The van der Waals surface area contributed by atoms with Crippen molar-refractivity contribution in [3.63, 3.8) is 0 Å². The molecule has 0 aliphatic rings. The Kier molecular flexibility index (Phi) is 1.47. The molecule has 0 fully saturated rings. The van der Waals surface area contributed by atoms with Gasteiger partial charge in [-0.25, -0.2) is 0 Å². The summed E-state index contributed by atoms with van der Waals surface area (Å²) < 4.78 is 1.56. The van der Waals surface area contributed by atoms with Crippen LogP contribution < -0.4 is 0 Å². The van der Waals surface area contributed by atoms with Crippen LogP contribution in [0.3, 0.4) is 0 Å². The summed E-state index contributed by atoms with van der Waals surface area (Å²) in [6.07, 6.45) is 3.68. The first-order valence-electron chi connectivity index (χ1n) is 3.35. The van der Waals surface area contributed by atoms with Gasteiger partial charge in [0.1, 0.15) is 0 Å². The third-order valence-electron chi connectivity index (χ3n) is 1.58. The van der Waals surface area contributed by atoms with Gasteiger partial charge in [0.25, 0.3) is 0 Å². The van der Waals surface area contributed by atoms with E-state index in [-0.39, 0.29) is 0 Å². The predicted octanol–water partition coefficient (Wildman–Crippen LogP) is 2.49. The van der Waals surface area contributed by atoms with Crippen LogP contribution in [0.15, 0.2) is 36.7 Å². The molecule has 2 aromatic heterocycles. The molecule has 2 rings (SSSR count). The Morgan fingerprint density at radius 1 is 1.27 bits per heavy atom. The Bertz CT molecular complexity index is 335. The normalized spacial score (nSPS) is 10.3. The molecule has 0 amide bonds. The van der Waals surface area contributed by atoms with E-state index in [1.54, 1.807) is 10.3 Å². The molecular weight excluding hydrogens is 160 g/mol. The Labute approximate surface area is 69.5 Å². The van der Waals surface area contributed by atoms with Crippen LogP contribution in [0.4, 0.5) is 0 Å². The molecule has 11 heavy (non-hydrogen) atoms. The lowest BCUT2D eigenvalue weighted by atomic mass is 10.3. The molecule has 56 valence electrons. The molecule has 0 spiro atoms. The first-order chi connectivity index (χ1) is 5.38. The Morgan fingerprint density at radius 3 is 2.73 bits per heavy atom. The third-order valence-corrected chi connectivity index (χ3v) is 1.87. The summed E-state index contributed by atoms with van der Waals surface area (Å²) in [6, 6.07) is 7.79. The molecular formula is C8H7ClN2. The Balaban J connectivity index is 2.53. The van der Waals surface area contributed by atoms with Crippen molar-refractivity contribution in [2.75, 3.05) is 0 Å². The number of nitrogens with one attached hydrogen (secondary N) is 1. The Morgan fingerprint density at radius 2 is 2.18 bits per heavy atom. The summed E-state index contributed by atoms with van der Waals surface area (Å²) >= 11 is 5.83. The highest BCUT2D eigenvalue weighted by molar-refractivity contribution is 6.17. The van der Waals surface area contributed by atoms with Crippen LogP contribution >= 0.6 is 11.8 Å². The van der Waals surface area contributed by atoms with Gasteiger partial charge in [-0.1, -0.05) is 0 Å². The minimum absolute atomic E-state index is 0.983. The summed E-state index contributed by atoms with van der Waals surface area (Å²) in [5.74, 6) is 0. The average molecular weight is 167 g/mol. The molecule has 0 bridgehead atoms. The molecule has 1 N–H and O–H groups in total. The molecule has 3 heteroatoms. The summed E-state index contributed by atoms with van der Waals surface area (Å²) in [4.78, 5) is 3.08. The minimum atomic E-state index is 0.983. The molecule has 2 aromatic rings. The van der Waals surface area contributed by atoms with Gasteiger partial charge in [0.2, 0.25) is 0 Å². The molecule has 0 aromatic carbocycles. The molecule has 2 nitrogen and oxygen atoms in total. The molecule has 0 saturated heterocycles. The lowest BCUT2D eigenvalue weighted by Crippen LogP contribution is -1.81. The standard InChI is InChI=1S/C8H7ClN2/c9-11-6-2-4-8(11)7-3-1-5-10-7/h1-6,10H. The lowest BCUT2D eigenvalue weighted by molar-refractivity contribution is 1.24. The SMILES string of the molecule is Cln1cccc1-c1ccc[nH]1. The van der Waals surface area contributed by atoms with Crippen molar-refractivity contribution in [3.05, 3.63) is 36.7 Å². The van der Waals surface area contributed by atoms with Gasteiger partial charge in [-0.2, -0.15) is 0 Å². The van der Waals surface area contributed by atoms with Gasteiger partial charge in [0.05, 0.1) is 11.4 Å². The summed E-state index contributed by atoms with van der Waals surface area (Å²) in [7, 11) is 0.